The fraction of sp³-hybridized carbons (Fsp3) is 0.438. The second-order valence-electron chi connectivity index (χ2n) is 5.63. The van der Waals surface area contributed by atoms with Gasteiger partial charge in [0.2, 0.25) is 0 Å². The molecule has 5 heteroatoms. The average molecular weight is 304 g/mol. The van der Waals surface area contributed by atoms with Gasteiger partial charge < -0.3 is 4.90 Å². The van der Waals surface area contributed by atoms with Gasteiger partial charge in [-0.3, -0.25) is 4.98 Å². The van der Waals surface area contributed by atoms with Crippen molar-refractivity contribution in [2.75, 3.05) is 23.7 Å². The van der Waals surface area contributed by atoms with Crippen molar-refractivity contribution in [2.24, 2.45) is 0 Å². The molecule has 4 nitrogen and oxygen atoms in total. The maximum Gasteiger partial charge on any atom is 0.156 e. The first-order chi connectivity index (χ1) is 10.0. The highest BCUT2D eigenvalue weighted by atomic mass is 32.2. The highest BCUT2D eigenvalue weighted by molar-refractivity contribution is 7.92. The molecular formula is C16H20N2O2S. The number of benzene rings is 1. The summed E-state index contributed by atoms with van der Waals surface area (Å²) in [5.41, 5.74) is 3.14. The zero-order valence-corrected chi connectivity index (χ0v) is 13.2. The van der Waals surface area contributed by atoms with Crippen LogP contribution >= 0.6 is 0 Å². The van der Waals surface area contributed by atoms with Crippen molar-refractivity contribution in [1.29, 1.82) is 0 Å². The van der Waals surface area contributed by atoms with E-state index in [2.05, 4.69) is 28.9 Å². The van der Waals surface area contributed by atoms with Crippen molar-refractivity contribution in [3.05, 3.63) is 36.0 Å². The quantitative estimate of drug-likeness (QED) is 0.855. The second kappa shape index (κ2) is 5.30. The number of fused-ring (bicyclic) bond motifs is 1. The molecule has 0 saturated carbocycles. The van der Waals surface area contributed by atoms with Crippen LogP contribution in [0.2, 0.25) is 0 Å². The van der Waals surface area contributed by atoms with Crippen LogP contribution in [-0.2, 0) is 16.3 Å². The van der Waals surface area contributed by atoms with E-state index in [0.717, 1.165) is 28.7 Å². The lowest BCUT2D eigenvalue weighted by Gasteiger charge is -2.33. The monoisotopic (exact) mass is 304 g/mol. The highest BCUT2D eigenvalue weighted by Crippen LogP contribution is 2.29. The van der Waals surface area contributed by atoms with Gasteiger partial charge in [0.25, 0.3) is 0 Å². The van der Waals surface area contributed by atoms with Crippen LogP contribution in [0.15, 0.2) is 30.3 Å². The molecule has 2 aromatic rings. The van der Waals surface area contributed by atoms with Crippen LogP contribution in [0.1, 0.15) is 19.5 Å². The Morgan fingerprint density at radius 2 is 2.10 bits per heavy atom. The van der Waals surface area contributed by atoms with E-state index >= 15 is 0 Å². The molecule has 1 aromatic carbocycles. The Morgan fingerprint density at radius 1 is 1.33 bits per heavy atom. The van der Waals surface area contributed by atoms with Gasteiger partial charge in [-0.1, -0.05) is 25.1 Å². The predicted octanol–water partition coefficient (Wildman–Crippen LogP) is 2.42. The first kappa shape index (κ1) is 14.3. The van der Waals surface area contributed by atoms with Crippen LogP contribution in [0, 0.1) is 0 Å². The number of aryl methyl sites for hydroxylation is 1. The molecule has 0 N–H and O–H groups in total. The minimum atomic E-state index is -2.93. The Balaban J connectivity index is 2.08. The Kier molecular flexibility index (Phi) is 3.61. The van der Waals surface area contributed by atoms with Gasteiger partial charge in [-0.2, -0.15) is 0 Å². The van der Waals surface area contributed by atoms with E-state index in [9.17, 15) is 8.42 Å². The van der Waals surface area contributed by atoms with Gasteiger partial charge in [0.05, 0.1) is 16.5 Å². The van der Waals surface area contributed by atoms with E-state index < -0.39 is 9.84 Å². The SMILES string of the molecule is CCc1cc(N2CCS(=O)(=O)[C@@H](C)C2)c2ccccc2n1. The van der Waals surface area contributed by atoms with Crippen LogP contribution in [0.4, 0.5) is 5.69 Å². The molecule has 0 aliphatic carbocycles. The van der Waals surface area contributed by atoms with Gasteiger partial charge in [-0.25, -0.2) is 8.42 Å². The summed E-state index contributed by atoms with van der Waals surface area (Å²) in [6, 6.07) is 10.2. The summed E-state index contributed by atoms with van der Waals surface area (Å²) >= 11 is 0. The molecule has 0 spiro atoms. The molecular weight excluding hydrogens is 284 g/mol. The summed E-state index contributed by atoms with van der Waals surface area (Å²) in [5, 5.41) is 0.782. The van der Waals surface area contributed by atoms with Crippen molar-refractivity contribution in [1.82, 2.24) is 4.98 Å². The molecule has 1 atom stereocenters. The molecule has 0 radical (unpaired) electrons. The molecule has 1 aliphatic heterocycles. The number of hydrogen-bond donors (Lipinski definition) is 0. The van der Waals surface area contributed by atoms with E-state index in [-0.39, 0.29) is 11.0 Å². The topological polar surface area (TPSA) is 50.3 Å². The van der Waals surface area contributed by atoms with Gasteiger partial charge in [-0.05, 0) is 25.5 Å². The third-order valence-corrected chi connectivity index (χ3v) is 6.31. The lowest BCUT2D eigenvalue weighted by Crippen LogP contribution is -2.45. The molecule has 1 saturated heterocycles. The number of para-hydroxylation sites is 1. The van der Waals surface area contributed by atoms with Gasteiger partial charge in [-0.15, -0.1) is 0 Å². The fourth-order valence-corrected chi connectivity index (χ4v) is 4.11. The summed E-state index contributed by atoms with van der Waals surface area (Å²) < 4.78 is 23.8. The highest BCUT2D eigenvalue weighted by Gasteiger charge is 2.30. The van der Waals surface area contributed by atoms with Crippen LogP contribution in [0.3, 0.4) is 0 Å². The molecule has 0 unspecified atom stereocenters. The van der Waals surface area contributed by atoms with Gasteiger partial charge in [0.15, 0.2) is 9.84 Å². The maximum atomic E-state index is 11.9. The number of sulfone groups is 1. The average Bonchev–Trinajstić information content (AvgIpc) is 2.49. The van der Waals surface area contributed by atoms with Crippen LogP contribution in [-0.4, -0.2) is 37.5 Å². The molecule has 112 valence electrons. The number of anilines is 1. The van der Waals surface area contributed by atoms with Crippen LogP contribution in [0.25, 0.3) is 10.9 Å². The summed E-state index contributed by atoms with van der Waals surface area (Å²) in [4.78, 5) is 6.84. The van der Waals surface area contributed by atoms with Crippen molar-refractivity contribution in [3.63, 3.8) is 0 Å². The minimum absolute atomic E-state index is 0.228. The van der Waals surface area contributed by atoms with Crippen molar-refractivity contribution in [2.45, 2.75) is 25.5 Å². The Hall–Kier alpha value is -1.62. The molecule has 0 amide bonds. The van der Waals surface area contributed by atoms with Crippen LogP contribution in [0.5, 0.6) is 0 Å². The smallest absolute Gasteiger partial charge is 0.156 e. The van der Waals surface area contributed by atoms with Crippen molar-refractivity contribution < 1.29 is 8.42 Å². The molecule has 1 aromatic heterocycles. The summed E-state index contributed by atoms with van der Waals surface area (Å²) in [7, 11) is -2.93. The van der Waals surface area contributed by atoms with E-state index in [1.807, 2.05) is 18.2 Å². The van der Waals surface area contributed by atoms with Crippen molar-refractivity contribution >= 4 is 26.4 Å². The van der Waals surface area contributed by atoms with Gasteiger partial charge >= 0.3 is 0 Å². The molecule has 1 aliphatic rings. The summed E-state index contributed by atoms with van der Waals surface area (Å²) in [6.07, 6.45) is 0.875. The van der Waals surface area contributed by atoms with Crippen LogP contribution < -0.4 is 4.90 Å². The van der Waals surface area contributed by atoms with Crippen molar-refractivity contribution in [3.8, 4) is 0 Å². The third kappa shape index (κ3) is 2.62. The minimum Gasteiger partial charge on any atom is -0.369 e. The first-order valence-electron chi connectivity index (χ1n) is 7.36. The first-order valence-corrected chi connectivity index (χ1v) is 9.08. The fourth-order valence-electron chi connectivity index (χ4n) is 2.83. The maximum absolute atomic E-state index is 11.9. The molecule has 2 heterocycles. The van der Waals surface area contributed by atoms with E-state index in [0.29, 0.717) is 13.1 Å². The number of aromatic nitrogens is 1. The van der Waals surface area contributed by atoms with E-state index in [4.69, 9.17) is 0 Å². The second-order valence-corrected chi connectivity index (χ2v) is 8.17. The Labute approximate surface area is 125 Å². The van der Waals surface area contributed by atoms with E-state index in [1.165, 1.54) is 0 Å². The Morgan fingerprint density at radius 3 is 2.81 bits per heavy atom. The largest absolute Gasteiger partial charge is 0.369 e. The third-order valence-electron chi connectivity index (χ3n) is 4.19. The molecule has 0 bridgehead atoms. The lowest BCUT2D eigenvalue weighted by atomic mass is 10.1. The number of nitrogens with zero attached hydrogens (tertiary/aromatic N) is 2. The summed E-state index contributed by atoms with van der Waals surface area (Å²) in [5.74, 6) is 0.228. The normalized spacial score (nSPS) is 21.6. The number of rotatable bonds is 2. The summed E-state index contributed by atoms with van der Waals surface area (Å²) in [6.45, 7) is 5.00. The number of hydrogen-bond acceptors (Lipinski definition) is 4. The molecule has 21 heavy (non-hydrogen) atoms. The van der Waals surface area contributed by atoms with Gasteiger partial charge in [0, 0.05) is 29.9 Å². The Bertz CT molecular complexity index is 771. The molecule has 3 rings (SSSR count). The zero-order chi connectivity index (χ0) is 15.0. The predicted molar refractivity (Wildman–Crippen MR) is 86.6 cm³/mol. The number of pyridine rings is 1. The zero-order valence-electron chi connectivity index (χ0n) is 12.4. The molecule has 1 fully saturated rings. The standard InChI is InChI=1S/C16H20N2O2S/c1-3-13-10-16(14-6-4-5-7-15(14)17-13)18-8-9-21(19,20)12(2)11-18/h4-7,10,12H,3,8-9,11H2,1-2H3/t12-/m0/s1. The van der Waals surface area contributed by atoms with E-state index in [1.54, 1.807) is 6.92 Å². The lowest BCUT2D eigenvalue weighted by molar-refractivity contribution is 0.569. The van der Waals surface area contributed by atoms with Gasteiger partial charge in [0.1, 0.15) is 0 Å².